The van der Waals surface area contributed by atoms with Gasteiger partial charge in [-0.3, -0.25) is 0 Å². The van der Waals surface area contributed by atoms with Gasteiger partial charge in [-0.25, -0.2) is 4.79 Å². The van der Waals surface area contributed by atoms with Gasteiger partial charge in [-0.1, -0.05) is 6.08 Å². The minimum Gasteiger partial charge on any atom is -0.478 e. The maximum absolute atomic E-state index is 10.4. The molecule has 0 aliphatic heterocycles. The maximum Gasteiger partial charge on any atom is 0.331 e. The number of hydrogen-bond acceptors (Lipinski definition) is 2. The molecule has 3 heteroatoms. The van der Waals surface area contributed by atoms with Gasteiger partial charge < -0.3 is 10.8 Å². The summed E-state index contributed by atoms with van der Waals surface area (Å²) in [7, 11) is 0. The first kappa shape index (κ1) is 7.28. The van der Waals surface area contributed by atoms with Crippen molar-refractivity contribution in [3.8, 4) is 0 Å². The zero-order valence-corrected chi connectivity index (χ0v) is 5.71. The molecule has 0 bridgehead atoms. The Bertz CT molecular complexity index is 174. The monoisotopic (exact) mass is 141 g/mol. The van der Waals surface area contributed by atoms with E-state index < -0.39 is 5.97 Å². The molecular weight excluding hydrogens is 130 g/mol. The molecule has 0 saturated carbocycles. The Hall–Kier alpha value is -0.830. The molecule has 0 amide bonds. The largest absolute Gasteiger partial charge is 0.478 e. The minimum absolute atomic E-state index is 0.0418. The number of hydrogen-bond donors (Lipinski definition) is 2. The smallest absolute Gasteiger partial charge is 0.331 e. The summed E-state index contributed by atoms with van der Waals surface area (Å²) >= 11 is 0. The van der Waals surface area contributed by atoms with Crippen LogP contribution < -0.4 is 5.73 Å². The van der Waals surface area contributed by atoms with Crippen molar-refractivity contribution in [3.05, 3.63) is 11.6 Å². The van der Waals surface area contributed by atoms with E-state index in [2.05, 4.69) is 0 Å². The van der Waals surface area contributed by atoms with Gasteiger partial charge in [0.15, 0.2) is 0 Å². The van der Waals surface area contributed by atoms with Crippen molar-refractivity contribution in [1.82, 2.24) is 0 Å². The first-order valence-corrected chi connectivity index (χ1v) is 3.39. The molecule has 0 fully saturated rings. The molecule has 1 atom stereocenters. The molecule has 10 heavy (non-hydrogen) atoms. The summed E-state index contributed by atoms with van der Waals surface area (Å²) in [5.41, 5.74) is 5.99. The van der Waals surface area contributed by atoms with E-state index in [1.807, 2.05) is 0 Å². The molecule has 0 aromatic rings. The molecule has 1 aliphatic carbocycles. The Morgan fingerprint density at radius 2 is 2.50 bits per heavy atom. The van der Waals surface area contributed by atoms with Crippen molar-refractivity contribution in [3.63, 3.8) is 0 Å². The van der Waals surface area contributed by atoms with Crippen molar-refractivity contribution in [2.24, 2.45) is 5.73 Å². The van der Waals surface area contributed by atoms with Gasteiger partial charge in [-0.05, 0) is 19.3 Å². The van der Waals surface area contributed by atoms with Gasteiger partial charge in [0.1, 0.15) is 0 Å². The second kappa shape index (κ2) is 2.84. The second-order valence-corrected chi connectivity index (χ2v) is 2.55. The van der Waals surface area contributed by atoms with Crippen molar-refractivity contribution < 1.29 is 9.90 Å². The SMILES string of the molecule is N[C@@H]1C=C(C(=O)O)CCC1. The van der Waals surface area contributed by atoms with E-state index >= 15 is 0 Å². The van der Waals surface area contributed by atoms with Crippen molar-refractivity contribution in [1.29, 1.82) is 0 Å². The van der Waals surface area contributed by atoms with Gasteiger partial charge in [0.2, 0.25) is 0 Å². The van der Waals surface area contributed by atoms with Crippen LogP contribution in [0.2, 0.25) is 0 Å². The lowest BCUT2D eigenvalue weighted by atomic mass is 9.96. The fourth-order valence-electron chi connectivity index (χ4n) is 1.13. The van der Waals surface area contributed by atoms with E-state index in [9.17, 15) is 4.79 Å². The number of nitrogens with two attached hydrogens (primary N) is 1. The van der Waals surface area contributed by atoms with Crippen LogP contribution >= 0.6 is 0 Å². The summed E-state index contributed by atoms with van der Waals surface area (Å²) in [6.07, 6.45) is 4.13. The molecule has 0 aromatic carbocycles. The molecule has 3 N–H and O–H groups in total. The summed E-state index contributed by atoms with van der Waals surface area (Å²) in [4.78, 5) is 10.4. The molecular formula is C7H11NO2. The first-order valence-electron chi connectivity index (χ1n) is 3.39. The Morgan fingerprint density at radius 1 is 1.80 bits per heavy atom. The quantitative estimate of drug-likeness (QED) is 0.559. The van der Waals surface area contributed by atoms with Gasteiger partial charge in [-0.2, -0.15) is 0 Å². The third-order valence-electron chi connectivity index (χ3n) is 1.67. The average Bonchev–Trinajstić information content (AvgIpc) is 1.88. The van der Waals surface area contributed by atoms with Gasteiger partial charge >= 0.3 is 5.97 Å². The fourth-order valence-corrected chi connectivity index (χ4v) is 1.13. The van der Waals surface area contributed by atoms with Crippen LogP contribution in [0.5, 0.6) is 0 Å². The van der Waals surface area contributed by atoms with E-state index in [1.54, 1.807) is 6.08 Å². The molecule has 3 nitrogen and oxygen atoms in total. The average molecular weight is 141 g/mol. The summed E-state index contributed by atoms with van der Waals surface area (Å²) in [6.45, 7) is 0. The third-order valence-corrected chi connectivity index (χ3v) is 1.67. The second-order valence-electron chi connectivity index (χ2n) is 2.55. The molecule has 0 unspecified atom stereocenters. The highest BCUT2D eigenvalue weighted by Gasteiger charge is 2.14. The van der Waals surface area contributed by atoms with Crippen LogP contribution in [-0.4, -0.2) is 17.1 Å². The van der Waals surface area contributed by atoms with E-state index in [0.29, 0.717) is 12.0 Å². The molecule has 0 saturated heterocycles. The Morgan fingerprint density at radius 3 is 2.90 bits per heavy atom. The maximum atomic E-state index is 10.4. The lowest BCUT2D eigenvalue weighted by molar-refractivity contribution is -0.132. The number of aliphatic carboxylic acids is 1. The van der Waals surface area contributed by atoms with Gasteiger partial charge in [-0.15, -0.1) is 0 Å². The predicted molar refractivity (Wildman–Crippen MR) is 37.5 cm³/mol. The summed E-state index contributed by atoms with van der Waals surface area (Å²) < 4.78 is 0. The first-order chi connectivity index (χ1) is 4.70. The summed E-state index contributed by atoms with van der Waals surface area (Å²) in [5.74, 6) is -0.824. The van der Waals surface area contributed by atoms with Crippen LogP contribution in [-0.2, 0) is 4.79 Å². The van der Waals surface area contributed by atoms with E-state index in [1.165, 1.54) is 0 Å². The van der Waals surface area contributed by atoms with Crippen molar-refractivity contribution in [2.45, 2.75) is 25.3 Å². The van der Waals surface area contributed by atoms with Crippen LogP contribution in [0.4, 0.5) is 0 Å². The highest BCUT2D eigenvalue weighted by molar-refractivity contribution is 5.86. The number of carboxylic acid groups (broad SMARTS) is 1. The molecule has 0 heterocycles. The van der Waals surface area contributed by atoms with E-state index in [-0.39, 0.29) is 6.04 Å². The summed E-state index contributed by atoms with van der Waals surface area (Å²) in [6, 6.07) is -0.0418. The van der Waals surface area contributed by atoms with Gasteiger partial charge in [0.25, 0.3) is 0 Å². The number of carbonyl (C=O) groups is 1. The van der Waals surface area contributed by atoms with Crippen molar-refractivity contribution in [2.75, 3.05) is 0 Å². The predicted octanol–water partition coefficient (Wildman–Crippen LogP) is 0.509. The van der Waals surface area contributed by atoms with Crippen LogP contribution in [0, 0.1) is 0 Å². The molecule has 0 aromatic heterocycles. The molecule has 1 aliphatic rings. The Balaban J connectivity index is 2.66. The summed E-state index contributed by atoms with van der Waals surface area (Å²) in [5, 5.41) is 8.53. The van der Waals surface area contributed by atoms with Crippen molar-refractivity contribution >= 4 is 5.97 Å². The molecule has 0 spiro atoms. The normalized spacial score (nSPS) is 25.7. The highest BCUT2D eigenvalue weighted by Crippen LogP contribution is 2.16. The lowest BCUT2D eigenvalue weighted by Gasteiger charge is -2.14. The van der Waals surface area contributed by atoms with Crippen LogP contribution in [0.1, 0.15) is 19.3 Å². The van der Waals surface area contributed by atoms with E-state index in [4.69, 9.17) is 10.8 Å². The lowest BCUT2D eigenvalue weighted by Crippen LogP contribution is -2.22. The van der Waals surface area contributed by atoms with Crippen LogP contribution in [0.25, 0.3) is 0 Å². The Labute approximate surface area is 59.5 Å². The topological polar surface area (TPSA) is 63.3 Å². The zero-order chi connectivity index (χ0) is 7.56. The van der Waals surface area contributed by atoms with Gasteiger partial charge in [0, 0.05) is 11.6 Å². The van der Waals surface area contributed by atoms with E-state index in [0.717, 1.165) is 12.8 Å². The highest BCUT2D eigenvalue weighted by atomic mass is 16.4. The molecule has 0 radical (unpaired) electrons. The Kier molecular flexibility index (Phi) is 2.06. The third kappa shape index (κ3) is 1.57. The van der Waals surface area contributed by atoms with Gasteiger partial charge in [0.05, 0.1) is 0 Å². The molecule has 56 valence electrons. The zero-order valence-electron chi connectivity index (χ0n) is 5.71. The van der Waals surface area contributed by atoms with Crippen LogP contribution in [0.3, 0.4) is 0 Å². The minimum atomic E-state index is -0.824. The number of carboxylic acids is 1. The van der Waals surface area contributed by atoms with Crippen LogP contribution in [0.15, 0.2) is 11.6 Å². The number of rotatable bonds is 1. The fraction of sp³-hybridized carbons (Fsp3) is 0.571. The standard InChI is InChI=1S/C7H11NO2/c8-6-3-1-2-5(4-6)7(9)10/h4,6H,1-3,8H2,(H,9,10)/t6-/m0/s1. The molecule has 1 rings (SSSR count).